The predicted octanol–water partition coefficient (Wildman–Crippen LogP) is 2.63. The Labute approximate surface area is 134 Å². The van der Waals surface area contributed by atoms with Gasteiger partial charge >= 0.3 is 6.03 Å². The van der Waals surface area contributed by atoms with E-state index in [1.165, 1.54) is 0 Å². The van der Waals surface area contributed by atoms with Crippen molar-refractivity contribution in [2.45, 2.75) is 26.7 Å². The van der Waals surface area contributed by atoms with E-state index in [1.54, 1.807) is 6.92 Å². The molecule has 3 rings (SSSR count). The largest absolute Gasteiger partial charge is 0.486 e. The molecule has 0 spiro atoms. The molecule has 7 heteroatoms. The molecule has 2 heterocycles. The van der Waals surface area contributed by atoms with Crippen LogP contribution in [0, 0.1) is 6.92 Å². The van der Waals surface area contributed by atoms with Gasteiger partial charge in [-0.05, 0) is 25.5 Å². The molecule has 0 saturated carbocycles. The summed E-state index contributed by atoms with van der Waals surface area (Å²) in [5.74, 6) is 2.30. The lowest BCUT2D eigenvalue weighted by atomic mass is 10.2. The maximum atomic E-state index is 12.0. The molecule has 0 atom stereocenters. The van der Waals surface area contributed by atoms with Gasteiger partial charge in [-0.2, -0.15) is 0 Å². The molecule has 0 radical (unpaired) electrons. The van der Waals surface area contributed by atoms with E-state index in [4.69, 9.17) is 9.47 Å². The maximum Gasteiger partial charge on any atom is 0.320 e. The monoisotopic (exact) mass is 316 g/mol. The summed E-state index contributed by atoms with van der Waals surface area (Å²) >= 11 is 0. The molecule has 0 saturated heterocycles. The fourth-order valence-corrected chi connectivity index (χ4v) is 2.44. The number of unbranched alkanes of at least 4 members (excludes halogenated alkanes) is 1. The van der Waals surface area contributed by atoms with Gasteiger partial charge in [0.15, 0.2) is 11.5 Å². The molecule has 7 nitrogen and oxygen atoms in total. The van der Waals surface area contributed by atoms with Crippen LogP contribution in [0.1, 0.15) is 25.6 Å². The molecule has 1 aliphatic rings. The van der Waals surface area contributed by atoms with Crippen LogP contribution >= 0.6 is 0 Å². The van der Waals surface area contributed by atoms with Crippen LogP contribution in [0.2, 0.25) is 0 Å². The minimum absolute atomic E-state index is 0.271. The topological polar surface area (TPSA) is 85.4 Å². The van der Waals surface area contributed by atoms with Crippen LogP contribution in [-0.2, 0) is 0 Å². The summed E-state index contributed by atoms with van der Waals surface area (Å²) < 4.78 is 11.3. The van der Waals surface area contributed by atoms with Gasteiger partial charge in [0.2, 0.25) is 0 Å². The first kappa shape index (κ1) is 15.3. The third kappa shape index (κ3) is 3.28. The Bertz CT molecular complexity index is 733. The maximum absolute atomic E-state index is 12.0. The van der Waals surface area contributed by atoms with Crippen LogP contribution in [0.4, 0.5) is 10.6 Å². The number of rotatable bonds is 4. The van der Waals surface area contributed by atoms with Crippen molar-refractivity contribution in [1.82, 2.24) is 15.3 Å². The molecular weight excluding hydrogens is 296 g/mol. The first-order valence-corrected chi connectivity index (χ1v) is 7.81. The smallest absolute Gasteiger partial charge is 0.320 e. The van der Waals surface area contributed by atoms with E-state index in [0.29, 0.717) is 48.4 Å². The van der Waals surface area contributed by atoms with E-state index < -0.39 is 0 Å². The molecule has 122 valence electrons. The van der Waals surface area contributed by atoms with Crippen molar-refractivity contribution in [3.05, 3.63) is 18.0 Å². The predicted molar refractivity (Wildman–Crippen MR) is 87.2 cm³/mol. The standard InChI is InChI=1S/C16H20N4O3/c1-3-4-7-17-16(21)20-15-11-5-6-12-14(23-9-8-22-12)13(11)18-10(2)19-15/h5-6H,3-4,7-9H2,1-2H3,(H2,17,18,19,20,21). The second kappa shape index (κ2) is 6.68. The van der Waals surface area contributed by atoms with E-state index in [2.05, 4.69) is 27.5 Å². The van der Waals surface area contributed by atoms with Gasteiger partial charge in [-0.25, -0.2) is 14.8 Å². The number of urea groups is 1. The van der Waals surface area contributed by atoms with Gasteiger partial charge in [-0.15, -0.1) is 0 Å². The normalized spacial score (nSPS) is 13.0. The molecule has 1 aromatic carbocycles. The zero-order chi connectivity index (χ0) is 16.2. The number of anilines is 1. The summed E-state index contributed by atoms with van der Waals surface area (Å²) in [7, 11) is 0. The summed E-state index contributed by atoms with van der Waals surface area (Å²) in [6, 6.07) is 3.38. The Morgan fingerprint density at radius 2 is 2.09 bits per heavy atom. The van der Waals surface area contributed by atoms with Crippen molar-refractivity contribution < 1.29 is 14.3 Å². The van der Waals surface area contributed by atoms with Crippen molar-refractivity contribution in [1.29, 1.82) is 0 Å². The minimum atomic E-state index is -0.271. The summed E-state index contributed by atoms with van der Waals surface area (Å²) in [6.07, 6.45) is 1.97. The van der Waals surface area contributed by atoms with Gasteiger partial charge in [0.05, 0.1) is 0 Å². The number of nitrogens with zero attached hydrogens (tertiary/aromatic N) is 2. The third-order valence-electron chi connectivity index (χ3n) is 3.53. The number of nitrogens with one attached hydrogen (secondary N) is 2. The molecule has 23 heavy (non-hydrogen) atoms. The van der Waals surface area contributed by atoms with Crippen LogP contribution in [0.25, 0.3) is 10.9 Å². The summed E-state index contributed by atoms with van der Waals surface area (Å²) in [6.45, 7) is 5.49. The number of amides is 2. The SMILES string of the molecule is CCCCNC(=O)Nc1nc(C)nc2c3c(ccc12)OCCO3. The number of carbonyl (C=O) groups is 1. The van der Waals surface area contributed by atoms with Gasteiger partial charge < -0.3 is 14.8 Å². The quantitative estimate of drug-likeness (QED) is 0.847. The van der Waals surface area contributed by atoms with E-state index in [-0.39, 0.29) is 6.03 Å². The van der Waals surface area contributed by atoms with E-state index in [0.717, 1.165) is 18.2 Å². The van der Waals surface area contributed by atoms with Crippen LogP contribution in [-0.4, -0.2) is 35.8 Å². The lowest BCUT2D eigenvalue weighted by Crippen LogP contribution is -2.30. The highest BCUT2D eigenvalue weighted by atomic mass is 16.6. The lowest BCUT2D eigenvalue weighted by Gasteiger charge is -2.20. The summed E-state index contributed by atoms with van der Waals surface area (Å²) in [4.78, 5) is 20.8. The van der Waals surface area contributed by atoms with Crippen LogP contribution in [0.15, 0.2) is 12.1 Å². The first-order chi connectivity index (χ1) is 11.2. The van der Waals surface area contributed by atoms with Crippen molar-refractivity contribution in [3.63, 3.8) is 0 Å². The van der Waals surface area contributed by atoms with Gasteiger partial charge in [-0.1, -0.05) is 13.3 Å². The molecule has 0 aliphatic carbocycles. The van der Waals surface area contributed by atoms with Crippen LogP contribution in [0.5, 0.6) is 11.5 Å². The second-order valence-corrected chi connectivity index (χ2v) is 5.34. The fraction of sp³-hybridized carbons (Fsp3) is 0.438. The first-order valence-electron chi connectivity index (χ1n) is 7.81. The van der Waals surface area contributed by atoms with Crippen molar-refractivity contribution in [2.75, 3.05) is 25.1 Å². The molecule has 0 unspecified atom stereocenters. The Balaban J connectivity index is 1.92. The van der Waals surface area contributed by atoms with Gasteiger partial charge in [0.1, 0.15) is 30.4 Å². The average Bonchev–Trinajstić information content (AvgIpc) is 2.55. The van der Waals surface area contributed by atoms with Gasteiger partial charge in [0, 0.05) is 11.9 Å². The average molecular weight is 316 g/mol. The molecule has 0 fully saturated rings. The molecule has 2 aromatic rings. The highest BCUT2D eigenvalue weighted by molar-refractivity contribution is 6.01. The molecule has 0 bridgehead atoms. The third-order valence-corrected chi connectivity index (χ3v) is 3.53. The van der Waals surface area contributed by atoms with Gasteiger partial charge in [0.25, 0.3) is 0 Å². The number of aromatic nitrogens is 2. The number of hydrogen-bond acceptors (Lipinski definition) is 5. The van der Waals surface area contributed by atoms with Gasteiger partial charge in [-0.3, -0.25) is 5.32 Å². The Morgan fingerprint density at radius 3 is 2.91 bits per heavy atom. The number of aryl methyl sites for hydroxylation is 1. The molecule has 1 aliphatic heterocycles. The molecule has 2 amide bonds. The fourth-order valence-electron chi connectivity index (χ4n) is 2.44. The Hall–Kier alpha value is -2.57. The number of hydrogen-bond donors (Lipinski definition) is 2. The van der Waals surface area contributed by atoms with Crippen LogP contribution in [0.3, 0.4) is 0 Å². The number of ether oxygens (including phenoxy) is 2. The number of carbonyl (C=O) groups excluding carboxylic acids is 1. The van der Waals surface area contributed by atoms with Crippen molar-refractivity contribution in [2.24, 2.45) is 0 Å². The lowest BCUT2D eigenvalue weighted by molar-refractivity contribution is 0.173. The number of benzene rings is 1. The highest BCUT2D eigenvalue weighted by Crippen LogP contribution is 2.38. The second-order valence-electron chi connectivity index (χ2n) is 5.34. The summed E-state index contributed by atoms with van der Waals surface area (Å²) in [5.41, 5.74) is 0.651. The van der Waals surface area contributed by atoms with Crippen molar-refractivity contribution >= 4 is 22.8 Å². The molecule has 2 N–H and O–H groups in total. The van der Waals surface area contributed by atoms with Crippen LogP contribution < -0.4 is 20.1 Å². The zero-order valence-corrected chi connectivity index (χ0v) is 13.3. The Kier molecular flexibility index (Phi) is 4.45. The molecule has 1 aromatic heterocycles. The van der Waals surface area contributed by atoms with Crippen molar-refractivity contribution in [3.8, 4) is 11.5 Å². The zero-order valence-electron chi connectivity index (χ0n) is 13.3. The molecular formula is C16H20N4O3. The van der Waals surface area contributed by atoms with E-state index in [1.807, 2.05) is 12.1 Å². The number of fused-ring (bicyclic) bond motifs is 3. The Morgan fingerprint density at radius 1 is 1.26 bits per heavy atom. The van der Waals surface area contributed by atoms with E-state index >= 15 is 0 Å². The summed E-state index contributed by atoms with van der Waals surface area (Å²) in [5, 5.41) is 6.33. The minimum Gasteiger partial charge on any atom is -0.486 e. The highest BCUT2D eigenvalue weighted by Gasteiger charge is 2.19. The van der Waals surface area contributed by atoms with E-state index in [9.17, 15) is 4.79 Å².